The Morgan fingerprint density at radius 1 is 1.42 bits per heavy atom. The number of nitrogens with zero attached hydrogens (tertiary/aromatic N) is 1. The van der Waals surface area contributed by atoms with Gasteiger partial charge >= 0.3 is 5.97 Å². The molecule has 19 heavy (non-hydrogen) atoms. The number of carboxylic acids is 1. The van der Waals surface area contributed by atoms with Crippen LogP contribution in [0.1, 0.15) is 13.8 Å². The topological polar surface area (TPSA) is 61.1 Å². The lowest BCUT2D eigenvalue weighted by atomic mass is 10.1. The molecular weight excluding hydrogens is 258 g/mol. The number of rotatable bonds is 4. The van der Waals surface area contributed by atoms with Crippen LogP contribution in [-0.2, 0) is 4.79 Å². The molecule has 0 aliphatic heterocycles. The molecule has 0 bridgehead atoms. The number of benzene rings is 1. The first-order valence-corrected chi connectivity index (χ1v) is 6.86. The van der Waals surface area contributed by atoms with Gasteiger partial charge in [-0.1, -0.05) is 49.9 Å². The normalized spacial score (nSPS) is 24.6. The summed E-state index contributed by atoms with van der Waals surface area (Å²) >= 11 is 1.38. The van der Waals surface area contributed by atoms with Gasteiger partial charge in [0.15, 0.2) is 0 Å². The molecule has 2 atom stereocenters. The Hall–Kier alpha value is -1.73. The first-order valence-electron chi connectivity index (χ1n) is 6.04. The van der Waals surface area contributed by atoms with Gasteiger partial charge in [-0.25, -0.2) is 0 Å². The average Bonchev–Trinajstić information content (AvgIpc) is 2.91. The van der Waals surface area contributed by atoms with Gasteiger partial charge < -0.3 is 5.11 Å². The summed E-state index contributed by atoms with van der Waals surface area (Å²) in [5.41, 5.74) is -0.259. The van der Waals surface area contributed by atoms with Crippen molar-refractivity contribution in [2.45, 2.75) is 18.7 Å². The van der Waals surface area contributed by atoms with Crippen LogP contribution in [0.4, 0.5) is 0 Å². The maximum Gasteiger partial charge on any atom is 0.307 e. The molecule has 0 aromatic heterocycles. The first-order chi connectivity index (χ1) is 8.96. The van der Waals surface area contributed by atoms with E-state index in [1.54, 1.807) is 6.08 Å². The SMILES string of the molecule is CC1(C)[C@H](C(=O)O)[C@@H]1C=C(C#N)Sc1ccccc1. The van der Waals surface area contributed by atoms with Gasteiger partial charge in [-0.2, -0.15) is 5.26 Å². The van der Waals surface area contributed by atoms with Crippen LogP contribution in [0, 0.1) is 28.6 Å². The molecule has 1 fully saturated rings. The molecule has 1 aliphatic carbocycles. The minimum atomic E-state index is -0.784. The van der Waals surface area contributed by atoms with Gasteiger partial charge in [0.1, 0.15) is 6.07 Å². The van der Waals surface area contributed by atoms with Crippen LogP contribution in [0.2, 0.25) is 0 Å². The van der Waals surface area contributed by atoms with Crippen molar-refractivity contribution in [1.29, 1.82) is 5.26 Å². The Kier molecular flexibility index (Phi) is 3.68. The molecule has 0 radical (unpaired) electrons. The fourth-order valence-corrected chi connectivity index (χ4v) is 3.14. The molecule has 0 heterocycles. The van der Waals surface area contributed by atoms with E-state index in [0.717, 1.165) is 4.90 Å². The first kappa shape index (κ1) is 13.7. The Morgan fingerprint density at radius 2 is 2.05 bits per heavy atom. The fraction of sp³-hybridized carbons (Fsp3) is 0.333. The quantitative estimate of drug-likeness (QED) is 0.673. The van der Waals surface area contributed by atoms with Gasteiger partial charge in [-0.3, -0.25) is 4.79 Å². The minimum Gasteiger partial charge on any atom is -0.481 e. The van der Waals surface area contributed by atoms with E-state index in [4.69, 9.17) is 5.11 Å². The fourth-order valence-electron chi connectivity index (χ4n) is 2.33. The number of nitriles is 1. The van der Waals surface area contributed by atoms with Crippen LogP contribution in [0.3, 0.4) is 0 Å². The number of hydrogen-bond acceptors (Lipinski definition) is 3. The van der Waals surface area contributed by atoms with Crippen molar-refractivity contribution in [2.24, 2.45) is 17.3 Å². The van der Waals surface area contributed by atoms with Crippen LogP contribution < -0.4 is 0 Å². The van der Waals surface area contributed by atoms with Gasteiger partial charge in [-0.05, 0) is 23.5 Å². The zero-order chi connectivity index (χ0) is 14.0. The van der Waals surface area contributed by atoms with E-state index in [1.165, 1.54) is 11.8 Å². The average molecular weight is 273 g/mol. The Morgan fingerprint density at radius 3 is 2.53 bits per heavy atom. The van der Waals surface area contributed by atoms with Crippen molar-refractivity contribution in [3.8, 4) is 6.07 Å². The molecule has 1 N–H and O–H groups in total. The number of carbonyl (C=O) groups is 1. The molecule has 1 saturated carbocycles. The summed E-state index contributed by atoms with van der Waals surface area (Å²) in [5, 5.41) is 18.3. The number of aliphatic carboxylic acids is 1. The molecule has 4 heteroatoms. The van der Waals surface area contributed by atoms with Crippen LogP contribution in [-0.4, -0.2) is 11.1 Å². The molecule has 98 valence electrons. The molecule has 0 saturated heterocycles. The highest BCUT2D eigenvalue weighted by Crippen LogP contribution is 2.59. The number of allylic oxidation sites excluding steroid dienone is 2. The molecule has 0 spiro atoms. The van der Waals surface area contributed by atoms with Gasteiger partial charge in [0.2, 0.25) is 0 Å². The van der Waals surface area contributed by atoms with Crippen molar-refractivity contribution < 1.29 is 9.90 Å². The summed E-state index contributed by atoms with van der Waals surface area (Å²) in [7, 11) is 0. The van der Waals surface area contributed by atoms with E-state index in [9.17, 15) is 10.1 Å². The molecule has 0 amide bonds. The highest BCUT2D eigenvalue weighted by molar-refractivity contribution is 8.03. The molecule has 2 rings (SSSR count). The third kappa shape index (κ3) is 2.82. The van der Waals surface area contributed by atoms with Gasteiger partial charge in [0.25, 0.3) is 0 Å². The van der Waals surface area contributed by atoms with Crippen molar-refractivity contribution in [1.82, 2.24) is 0 Å². The Balaban J connectivity index is 2.14. The molecule has 1 aliphatic rings. The zero-order valence-electron chi connectivity index (χ0n) is 10.8. The summed E-state index contributed by atoms with van der Waals surface area (Å²) in [6.45, 7) is 3.85. The maximum atomic E-state index is 11.1. The third-order valence-electron chi connectivity index (χ3n) is 3.59. The van der Waals surface area contributed by atoms with Gasteiger partial charge in [0, 0.05) is 4.90 Å². The predicted octanol–water partition coefficient (Wildman–Crippen LogP) is 3.54. The van der Waals surface area contributed by atoms with E-state index in [1.807, 2.05) is 44.2 Å². The highest BCUT2D eigenvalue weighted by Gasteiger charge is 2.61. The second kappa shape index (κ2) is 5.10. The number of carboxylic acid groups (broad SMARTS) is 1. The lowest BCUT2D eigenvalue weighted by Gasteiger charge is -2.00. The Labute approximate surface area is 116 Å². The highest BCUT2D eigenvalue weighted by atomic mass is 32.2. The zero-order valence-corrected chi connectivity index (χ0v) is 11.6. The van der Waals surface area contributed by atoms with Gasteiger partial charge in [-0.15, -0.1) is 0 Å². The standard InChI is InChI=1S/C15H15NO2S/c1-15(2)12(13(15)14(17)18)8-11(9-16)19-10-6-4-3-5-7-10/h3-8,12-13H,1-2H3,(H,17,18)/t12-,13-/m0/s1. The monoisotopic (exact) mass is 273 g/mol. The lowest BCUT2D eigenvalue weighted by molar-refractivity contribution is -0.139. The largest absolute Gasteiger partial charge is 0.481 e. The van der Waals surface area contributed by atoms with Crippen LogP contribution in [0.5, 0.6) is 0 Å². The van der Waals surface area contributed by atoms with Crippen molar-refractivity contribution in [2.75, 3.05) is 0 Å². The predicted molar refractivity (Wildman–Crippen MR) is 74.4 cm³/mol. The van der Waals surface area contributed by atoms with E-state index >= 15 is 0 Å². The summed E-state index contributed by atoms with van der Waals surface area (Å²) in [6.07, 6.45) is 1.80. The molecule has 0 unspecified atom stereocenters. The van der Waals surface area contributed by atoms with E-state index in [-0.39, 0.29) is 17.3 Å². The molecular formula is C15H15NO2S. The van der Waals surface area contributed by atoms with Crippen LogP contribution >= 0.6 is 11.8 Å². The second-order valence-electron chi connectivity index (χ2n) is 5.22. The van der Waals surface area contributed by atoms with Crippen molar-refractivity contribution in [3.63, 3.8) is 0 Å². The summed E-state index contributed by atoms with van der Waals surface area (Å²) in [4.78, 5) is 12.6. The molecule has 3 nitrogen and oxygen atoms in total. The maximum absolute atomic E-state index is 11.1. The van der Waals surface area contributed by atoms with E-state index in [0.29, 0.717) is 4.91 Å². The third-order valence-corrected chi connectivity index (χ3v) is 4.54. The summed E-state index contributed by atoms with van der Waals surface area (Å²) < 4.78 is 0. The lowest BCUT2D eigenvalue weighted by Crippen LogP contribution is -2.03. The second-order valence-corrected chi connectivity index (χ2v) is 6.34. The minimum absolute atomic E-state index is 0.0594. The smallest absolute Gasteiger partial charge is 0.307 e. The van der Waals surface area contributed by atoms with Crippen LogP contribution in [0.15, 0.2) is 46.2 Å². The van der Waals surface area contributed by atoms with E-state index in [2.05, 4.69) is 6.07 Å². The number of hydrogen-bond donors (Lipinski definition) is 1. The number of thioether (sulfide) groups is 1. The van der Waals surface area contributed by atoms with Gasteiger partial charge in [0.05, 0.1) is 10.8 Å². The Bertz CT molecular complexity index is 557. The van der Waals surface area contributed by atoms with Crippen LogP contribution in [0.25, 0.3) is 0 Å². The van der Waals surface area contributed by atoms with E-state index < -0.39 is 5.97 Å². The molecule has 1 aromatic carbocycles. The molecule has 1 aromatic rings. The van der Waals surface area contributed by atoms with Crippen molar-refractivity contribution >= 4 is 17.7 Å². The summed E-state index contributed by atoms with van der Waals surface area (Å²) in [5.74, 6) is -1.23. The van der Waals surface area contributed by atoms with Crippen molar-refractivity contribution in [3.05, 3.63) is 41.3 Å². The summed E-state index contributed by atoms with van der Waals surface area (Å²) in [6, 6.07) is 11.8.